The first-order valence-electron chi connectivity index (χ1n) is 5.78. The summed E-state index contributed by atoms with van der Waals surface area (Å²) in [4.78, 5) is 29.0. The van der Waals surface area contributed by atoms with E-state index >= 15 is 0 Å². The van der Waals surface area contributed by atoms with Crippen LogP contribution in [-0.4, -0.2) is 20.8 Å². The summed E-state index contributed by atoms with van der Waals surface area (Å²) in [5.41, 5.74) is 0.657. The summed E-state index contributed by atoms with van der Waals surface area (Å²) in [5, 5.41) is 9.09. The van der Waals surface area contributed by atoms with E-state index in [1.165, 1.54) is 6.07 Å². The van der Waals surface area contributed by atoms with Gasteiger partial charge < -0.3 is 0 Å². The summed E-state index contributed by atoms with van der Waals surface area (Å²) in [6.45, 7) is 0. The first-order chi connectivity index (χ1) is 9.64. The Morgan fingerprint density at radius 2 is 1.81 bits per heavy atom. The molecule has 0 unspecified atom stereocenters. The van der Waals surface area contributed by atoms with Gasteiger partial charge in [-0.3, -0.25) is 0 Å². The summed E-state index contributed by atoms with van der Waals surface area (Å²) < 4.78 is 25.8. The number of benzene rings is 2. The molecule has 0 amide bonds. The number of nitrogens with zero attached hydrogens (tertiary/aromatic N) is 1. The second-order valence-electron chi connectivity index (χ2n) is 4.64. The van der Waals surface area contributed by atoms with Crippen LogP contribution in [-0.2, 0) is 6.42 Å². The Morgan fingerprint density at radius 1 is 1.14 bits per heavy atom. The Labute approximate surface area is 127 Å². The van der Waals surface area contributed by atoms with E-state index in [0.717, 1.165) is 6.07 Å². The van der Waals surface area contributed by atoms with Crippen LogP contribution < -0.4 is 5.30 Å². The molecule has 8 heteroatoms. The number of halogens is 3. The molecule has 0 saturated carbocycles. The van der Waals surface area contributed by atoms with Gasteiger partial charge in [-0.25, -0.2) is 0 Å². The van der Waals surface area contributed by atoms with Gasteiger partial charge in [0, 0.05) is 0 Å². The van der Waals surface area contributed by atoms with Gasteiger partial charge in [-0.05, 0) is 0 Å². The summed E-state index contributed by atoms with van der Waals surface area (Å²) in [5.74, 6) is 0. The third-order valence-corrected chi connectivity index (χ3v) is 6.05. The Bertz CT molecular complexity index is 753. The summed E-state index contributed by atoms with van der Waals surface area (Å²) in [7, 11) is -6.28. The molecule has 0 aromatic heterocycles. The third-order valence-electron chi connectivity index (χ3n) is 3.08. The topological polar surface area (TPSA) is 84.5 Å². The van der Waals surface area contributed by atoms with Gasteiger partial charge in [0.2, 0.25) is 0 Å². The van der Waals surface area contributed by atoms with Crippen LogP contribution in [0.5, 0.6) is 0 Å². The van der Waals surface area contributed by atoms with Crippen molar-refractivity contribution in [2.75, 3.05) is 0 Å². The number of hydrogen-bond acceptors (Lipinski definition) is 4. The molecule has 0 bridgehead atoms. The molecule has 2 rings (SSSR count). The van der Waals surface area contributed by atoms with E-state index in [0.29, 0.717) is 16.3 Å². The van der Waals surface area contributed by atoms with Crippen LogP contribution in [0.4, 0.5) is 8.78 Å². The number of hydrogen-bond donors (Lipinski definition) is 3. The Hall–Kier alpha value is -1.16. The van der Waals surface area contributed by atoms with Gasteiger partial charge in [0.15, 0.2) is 0 Å². The van der Waals surface area contributed by atoms with E-state index in [1.54, 1.807) is 18.2 Å². The molecule has 0 aliphatic carbocycles. The molecule has 0 spiro atoms. The maximum absolute atomic E-state index is 12.9. The van der Waals surface area contributed by atoms with Crippen molar-refractivity contribution in [3.05, 3.63) is 40.4 Å². The molecule has 0 fully saturated rings. The van der Waals surface area contributed by atoms with Crippen molar-refractivity contribution in [1.29, 1.82) is 5.26 Å². The van der Waals surface area contributed by atoms with Crippen LogP contribution >= 0.6 is 23.2 Å². The van der Waals surface area contributed by atoms with Crippen LogP contribution in [0.3, 0.4) is 0 Å². The number of fused-ring (bicyclic) bond motifs is 1. The van der Waals surface area contributed by atoms with E-state index < -0.39 is 18.8 Å². The first kappa shape index (κ1) is 16.2. The van der Waals surface area contributed by atoms with Crippen LogP contribution in [0.15, 0.2) is 34.8 Å². The number of rotatable bonds is 3. The molecular formula is C13H11BrF2NO3P. The molecule has 0 aliphatic heterocycles. The van der Waals surface area contributed by atoms with Crippen molar-refractivity contribution < 1.29 is 23.5 Å². The van der Waals surface area contributed by atoms with Crippen molar-refractivity contribution in [3.8, 4) is 6.07 Å². The van der Waals surface area contributed by atoms with E-state index in [2.05, 4.69) is 15.9 Å². The van der Waals surface area contributed by atoms with Crippen LogP contribution in [0, 0.1) is 11.3 Å². The van der Waals surface area contributed by atoms with Crippen LogP contribution in [0.25, 0.3) is 10.8 Å². The van der Waals surface area contributed by atoms with Gasteiger partial charge >= 0.3 is 127 Å². The zero-order valence-corrected chi connectivity index (χ0v) is 13.0. The second kappa shape index (κ2) is 5.24. The molecule has 112 valence electrons. The molecule has 4 nitrogen and oxygen atoms in total. The van der Waals surface area contributed by atoms with Gasteiger partial charge in [0.25, 0.3) is 0 Å². The van der Waals surface area contributed by atoms with Crippen molar-refractivity contribution in [1.82, 2.24) is 0 Å². The predicted molar refractivity (Wildman–Crippen MR) is 80.2 cm³/mol. The number of nitriles is 1. The van der Waals surface area contributed by atoms with Crippen LogP contribution in [0.2, 0.25) is 0 Å². The van der Waals surface area contributed by atoms with Gasteiger partial charge in [-0.1, -0.05) is 0 Å². The van der Waals surface area contributed by atoms with Gasteiger partial charge in [0.1, 0.15) is 0 Å². The predicted octanol–water partition coefficient (Wildman–Crippen LogP) is 2.79. The first-order valence-corrected chi connectivity index (χ1v) is 8.74. The molecule has 0 heterocycles. The fraction of sp³-hybridized carbons (Fsp3) is 0.154. The fourth-order valence-corrected chi connectivity index (χ4v) is 4.40. The Morgan fingerprint density at radius 3 is 2.38 bits per heavy atom. The fourth-order valence-electron chi connectivity index (χ4n) is 1.94. The van der Waals surface area contributed by atoms with Crippen molar-refractivity contribution in [2.24, 2.45) is 0 Å². The normalized spacial score (nSPS) is 13.9. The standard InChI is InChI=1S/C13H11BrF2NO3P/c14-11-6-9-2-1-8(3-4-17)5-10(9)7-12(11)21(18,19,20)13(15)16/h1-2,5-7,13,18-20H,3H2. The Kier molecular flexibility index (Phi) is 4.04. The van der Waals surface area contributed by atoms with Crippen LogP contribution in [0.1, 0.15) is 5.56 Å². The van der Waals surface area contributed by atoms with E-state index in [-0.39, 0.29) is 10.9 Å². The molecule has 0 atom stereocenters. The van der Waals surface area contributed by atoms with Gasteiger partial charge in [-0.2, -0.15) is 0 Å². The van der Waals surface area contributed by atoms with Gasteiger partial charge in [0.05, 0.1) is 0 Å². The minimum atomic E-state index is -6.28. The number of alkyl halides is 2. The summed E-state index contributed by atoms with van der Waals surface area (Å²) >= 11 is 2.97. The average molecular weight is 378 g/mol. The SMILES string of the molecule is N#CCc1ccc2cc(Br)c(P(O)(O)(O)C(F)F)cc2c1. The zero-order chi connectivity index (χ0) is 15.9. The molecule has 21 heavy (non-hydrogen) atoms. The van der Waals surface area contributed by atoms with Crippen molar-refractivity contribution in [2.45, 2.75) is 12.6 Å². The average Bonchev–Trinajstić information content (AvgIpc) is 2.38. The summed E-state index contributed by atoms with van der Waals surface area (Å²) in [6.07, 6.45) is -3.57. The molecule has 0 radical (unpaired) electrons. The molecular weight excluding hydrogens is 367 g/mol. The molecule has 0 saturated heterocycles. The van der Waals surface area contributed by atoms with E-state index in [9.17, 15) is 23.5 Å². The monoisotopic (exact) mass is 377 g/mol. The van der Waals surface area contributed by atoms with E-state index in [4.69, 9.17) is 5.26 Å². The molecule has 0 aliphatic rings. The van der Waals surface area contributed by atoms with Crippen molar-refractivity contribution >= 4 is 39.3 Å². The third kappa shape index (κ3) is 2.91. The zero-order valence-electron chi connectivity index (χ0n) is 10.5. The van der Waals surface area contributed by atoms with E-state index in [1.807, 2.05) is 6.07 Å². The second-order valence-corrected chi connectivity index (χ2v) is 8.46. The quantitative estimate of drug-likeness (QED) is 0.718. The summed E-state index contributed by atoms with van der Waals surface area (Å²) in [6, 6.07) is 9.44. The van der Waals surface area contributed by atoms with Gasteiger partial charge in [-0.15, -0.1) is 0 Å². The minimum absolute atomic E-state index is 0.0199. The molecule has 2 aromatic carbocycles. The van der Waals surface area contributed by atoms with Crippen molar-refractivity contribution in [3.63, 3.8) is 0 Å². The Balaban J connectivity index is 2.71. The maximum atomic E-state index is 12.9. The molecule has 2 aromatic rings. The molecule has 3 N–H and O–H groups in total.